The van der Waals surface area contributed by atoms with Crippen LogP contribution in [0.4, 0.5) is 11.6 Å². The van der Waals surface area contributed by atoms with Gasteiger partial charge in [0.2, 0.25) is 5.91 Å². The molecule has 0 aliphatic rings. The number of anilines is 2. The summed E-state index contributed by atoms with van der Waals surface area (Å²) in [5.74, 6) is -4.50. The van der Waals surface area contributed by atoms with Crippen molar-refractivity contribution in [3.63, 3.8) is 0 Å². The first-order valence-electron chi connectivity index (χ1n) is 23.2. The third-order valence-corrected chi connectivity index (χ3v) is 9.46. The largest absolute Gasteiger partial charge is 0.479 e. The van der Waals surface area contributed by atoms with Gasteiger partial charge in [-0.2, -0.15) is 19.9 Å². The van der Waals surface area contributed by atoms with Gasteiger partial charge in [-0.25, -0.2) is 28.8 Å². The van der Waals surface area contributed by atoms with Crippen molar-refractivity contribution < 1.29 is 67.4 Å². The number of aliphatic hydroxyl groups excluding tert-OH is 1. The molecule has 0 radical (unpaired) electrons. The van der Waals surface area contributed by atoms with Gasteiger partial charge in [0, 0.05) is 13.8 Å². The lowest BCUT2D eigenvalue weighted by Gasteiger charge is -2.14. The average Bonchev–Trinajstić information content (AvgIpc) is 3.85. The minimum absolute atomic E-state index is 0. The van der Waals surface area contributed by atoms with Gasteiger partial charge in [0.1, 0.15) is 17.6 Å². The number of aromatic nitrogens is 8. The number of H-pyrrole nitrogens is 2. The molecular formula is C48H63IN10O16. The highest BCUT2D eigenvalue weighted by atomic mass is 127. The van der Waals surface area contributed by atoms with E-state index in [-0.39, 0.29) is 70.9 Å². The molecule has 6 rings (SSSR count). The number of rotatable bonds is 21. The van der Waals surface area contributed by atoms with Crippen molar-refractivity contribution in [3.8, 4) is 12.0 Å². The van der Waals surface area contributed by atoms with Crippen molar-refractivity contribution >= 4 is 93.7 Å². The first kappa shape index (κ1) is 63.2. The number of ether oxygens (including phenoxy) is 6. The number of carbonyl (C=O) groups excluding carboxylic acids is 5. The molecule has 6 aromatic rings. The van der Waals surface area contributed by atoms with E-state index in [1.54, 1.807) is 6.92 Å². The van der Waals surface area contributed by atoms with E-state index in [0.717, 1.165) is 43.7 Å². The molecule has 7 N–H and O–H groups in total. The number of amides is 1. The first-order chi connectivity index (χ1) is 35.3. The number of halogens is 1. The molecule has 4 heterocycles. The number of aliphatic hydroxyl groups is 1. The van der Waals surface area contributed by atoms with Crippen molar-refractivity contribution in [1.29, 1.82) is 0 Å². The number of carbonyl (C=O) groups is 6. The molecule has 0 saturated carbocycles. The Balaban J connectivity index is 0.000000366. The number of benzene rings is 2. The number of nitrogens with one attached hydrogen (secondary N) is 3. The fraction of sp³-hybridized carbons (Fsp3) is 0.417. The van der Waals surface area contributed by atoms with Crippen LogP contribution in [0.5, 0.6) is 12.0 Å². The Kier molecular flexibility index (Phi) is 27.8. The molecule has 0 aliphatic heterocycles. The number of carboxylic acid groups (broad SMARTS) is 1. The molecule has 0 bridgehead atoms. The fourth-order valence-electron chi connectivity index (χ4n) is 5.86. The highest BCUT2D eigenvalue weighted by Crippen LogP contribution is 2.22. The zero-order chi connectivity index (χ0) is 54.7. The second-order valence-electron chi connectivity index (χ2n) is 15.5. The maximum absolute atomic E-state index is 12.4. The number of fused-ring (bicyclic) bond motifs is 2. The summed E-state index contributed by atoms with van der Waals surface area (Å²) < 4.78 is 31.8. The van der Waals surface area contributed by atoms with E-state index in [0.29, 0.717) is 55.2 Å². The van der Waals surface area contributed by atoms with Crippen LogP contribution in [0.2, 0.25) is 0 Å². The fourth-order valence-corrected chi connectivity index (χ4v) is 5.86. The van der Waals surface area contributed by atoms with Crippen molar-refractivity contribution in [1.82, 2.24) is 39.0 Å². The third-order valence-electron chi connectivity index (χ3n) is 9.46. The van der Waals surface area contributed by atoms with Gasteiger partial charge in [0.05, 0.1) is 32.9 Å². The third kappa shape index (κ3) is 21.6. The molecule has 4 aromatic heterocycles. The Bertz CT molecular complexity index is 2910. The Labute approximate surface area is 446 Å². The molecular weight excluding hydrogens is 1100 g/mol. The van der Waals surface area contributed by atoms with Gasteiger partial charge in [0.15, 0.2) is 41.7 Å². The van der Waals surface area contributed by atoms with Crippen molar-refractivity contribution in [2.24, 2.45) is 0 Å². The molecule has 0 spiro atoms. The zero-order valence-electron chi connectivity index (χ0n) is 42.5. The summed E-state index contributed by atoms with van der Waals surface area (Å²) in [6.07, 6.45) is 1.04. The minimum Gasteiger partial charge on any atom is -0.479 e. The monoisotopic (exact) mass is 1160 g/mol. The Morgan fingerprint density at radius 2 is 1.19 bits per heavy atom. The average molecular weight is 1160 g/mol. The molecule has 2 aromatic carbocycles. The van der Waals surface area contributed by atoms with E-state index in [9.17, 15) is 38.4 Å². The highest BCUT2D eigenvalue weighted by molar-refractivity contribution is 14.0. The summed E-state index contributed by atoms with van der Waals surface area (Å²) in [4.78, 5) is 112. The summed E-state index contributed by atoms with van der Waals surface area (Å²) >= 11 is 0. The van der Waals surface area contributed by atoms with Crippen molar-refractivity contribution in [3.05, 3.63) is 92.8 Å². The van der Waals surface area contributed by atoms with Crippen molar-refractivity contribution in [2.45, 2.75) is 99.4 Å². The number of nitrogens with zero attached hydrogens (tertiary/aromatic N) is 6. The van der Waals surface area contributed by atoms with Crippen LogP contribution in [0.3, 0.4) is 0 Å². The maximum Gasteiger partial charge on any atom is 0.347 e. The molecule has 26 nitrogen and oxygen atoms in total. The number of aromatic amines is 2. The molecule has 1 amide bonds. The van der Waals surface area contributed by atoms with Crippen LogP contribution in [-0.2, 0) is 60.8 Å². The number of unbranched alkanes of at least 4 members (excludes halogenated alkanes) is 2. The van der Waals surface area contributed by atoms with Crippen LogP contribution in [0.25, 0.3) is 22.3 Å². The number of imidazole rings is 2. The highest BCUT2D eigenvalue weighted by Gasteiger charge is 2.25. The molecule has 27 heteroatoms. The Hall–Kier alpha value is -7.95. The van der Waals surface area contributed by atoms with Crippen LogP contribution in [0.15, 0.2) is 70.3 Å². The zero-order valence-corrected chi connectivity index (χ0v) is 44.8. The second kappa shape index (κ2) is 33.0. The topological polar surface area (TPSA) is 363 Å². The number of esters is 4. The molecule has 75 heavy (non-hydrogen) atoms. The standard InChI is InChI=1S/C18H21N5O3.C16H19N5O2.C10H14O9.C4H8O2.HI/c1-3-4-10-26-17-21-15(19-12(2)24)14-16(22-17)23(18(25)20-14)11-13-8-6-5-7-9-13;1-2-3-9-23-15-19-13(17)12-14(20-15)21(16(22)18-12)10-11-7-5-4-6-8-11;1-5(9(14)15)19-10(16)6(2)18-8(13)4-17-7(12)3-11;1-3-6-4(2)5;/h5-9H,3-4,10-11H2,1-2H3,(H,20,25)(H,19,21,22,24);4-8H,2-3,9-10H2,1H3,(H,18,22)(H2,17,19,20);5-6,11H,3-4H2,1-2H3,(H,14,15);3H2,1-2H3;1H. The lowest BCUT2D eigenvalue weighted by Crippen LogP contribution is -2.33. The van der Waals surface area contributed by atoms with Gasteiger partial charge >= 0.3 is 53.2 Å². The van der Waals surface area contributed by atoms with Gasteiger partial charge in [0.25, 0.3) is 0 Å². The van der Waals surface area contributed by atoms with Crippen molar-refractivity contribution in [2.75, 3.05) is 44.1 Å². The number of carboxylic acids is 1. The van der Waals surface area contributed by atoms with E-state index in [4.69, 9.17) is 25.4 Å². The molecule has 0 aliphatic carbocycles. The normalized spacial score (nSPS) is 11.0. The van der Waals surface area contributed by atoms with Gasteiger partial charge in [-0.05, 0) is 44.7 Å². The minimum atomic E-state index is -1.37. The number of nitrogen functional groups attached to an aromatic ring is 1. The Morgan fingerprint density at radius 1 is 0.693 bits per heavy atom. The molecule has 2 unspecified atom stereocenters. The van der Waals surface area contributed by atoms with Gasteiger partial charge < -0.3 is 59.7 Å². The smallest absolute Gasteiger partial charge is 0.347 e. The van der Waals surface area contributed by atoms with Gasteiger partial charge in [-0.15, -0.1) is 24.0 Å². The number of hydrogen-bond donors (Lipinski definition) is 6. The molecule has 408 valence electrons. The van der Waals surface area contributed by atoms with Crippen LogP contribution in [0.1, 0.15) is 85.3 Å². The molecule has 0 saturated heterocycles. The quantitative estimate of drug-likeness (QED) is 0.0258. The van der Waals surface area contributed by atoms with Gasteiger partial charge in [-0.3, -0.25) is 18.7 Å². The molecule has 2 atom stereocenters. The second-order valence-corrected chi connectivity index (χ2v) is 15.5. The summed E-state index contributed by atoms with van der Waals surface area (Å²) in [6.45, 7) is 11.6. The summed E-state index contributed by atoms with van der Waals surface area (Å²) in [7, 11) is 0. The summed E-state index contributed by atoms with van der Waals surface area (Å²) in [5.41, 5.74) is 8.96. The van der Waals surface area contributed by atoms with Gasteiger partial charge in [-0.1, -0.05) is 87.4 Å². The first-order valence-corrected chi connectivity index (χ1v) is 23.2. The Morgan fingerprint density at radius 3 is 1.63 bits per heavy atom. The summed E-state index contributed by atoms with van der Waals surface area (Å²) in [6, 6.07) is 19.6. The van der Waals surface area contributed by atoms with E-state index < -0.39 is 49.3 Å². The van der Waals surface area contributed by atoms with Crippen LogP contribution in [-0.4, -0.2) is 130 Å². The van der Waals surface area contributed by atoms with E-state index >= 15 is 0 Å². The van der Waals surface area contributed by atoms with E-state index in [2.05, 4.69) is 68.0 Å². The van der Waals surface area contributed by atoms with Crippen LogP contribution >= 0.6 is 24.0 Å². The molecule has 0 fully saturated rings. The predicted octanol–water partition coefficient (Wildman–Crippen LogP) is 3.89. The number of hydrogen-bond acceptors (Lipinski definition) is 20. The van der Waals surface area contributed by atoms with E-state index in [1.807, 2.05) is 60.7 Å². The number of aliphatic carboxylic acids is 1. The lowest BCUT2D eigenvalue weighted by molar-refractivity contribution is -0.177. The van der Waals surface area contributed by atoms with E-state index in [1.165, 1.54) is 29.9 Å². The maximum atomic E-state index is 12.4. The number of nitrogens with two attached hydrogens (primary N) is 1. The summed E-state index contributed by atoms with van der Waals surface area (Å²) in [5, 5.41) is 19.4. The lowest BCUT2D eigenvalue weighted by atomic mass is 10.2. The SMILES string of the molecule is CC(OC(=O)C(C)OC(=O)COC(=O)CO)C(=O)O.CCCCOc1nc(N)c2[nH]c(=O)n(Cc3ccccc3)c2n1.CCCCOc1nc(NC(C)=O)c2[nH]c(=O)n(Cc3ccccc3)c2n1.CCOC(C)=O.I. The van der Waals surface area contributed by atoms with Crippen LogP contribution in [0, 0.1) is 0 Å². The van der Waals surface area contributed by atoms with Crippen LogP contribution < -0.4 is 31.9 Å². The predicted molar refractivity (Wildman–Crippen MR) is 281 cm³/mol.